The van der Waals surface area contributed by atoms with Gasteiger partial charge < -0.3 is 15.4 Å². The van der Waals surface area contributed by atoms with Gasteiger partial charge in [0.1, 0.15) is 17.5 Å². The van der Waals surface area contributed by atoms with Gasteiger partial charge in [-0.15, -0.1) is 0 Å². The lowest BCUT2D eigenvalue weighted by Gasteiger charge is -2.34. The summed E-state index contributed by atoms with van der Waals surface area (Å²) in [6, 6.07) is 10.1. The van der Waals surface area contributed by atoms with Crippen molar-refractivity contribution < 1.29 is 4.74 Å². The monoisotopic (exact) mass is 323 g/mol. The van der Waals surface area contributed by atoms with E-state index in [9.17, 15) is 5.26 Å². The second kappa shape index (κ2) is 5.69. The molecule has 0 unspecified atom stereocenters. The molecule has 2 aliphatic rings. The van der Waals surface area contributed by atoms with E-state index in [2.05, 4.69) is 11.2 Å². The lowest BCUT2D eigenvalue weighted by Crippen LogP contribution is -2.39. The van der Waals surface area contributed by atoms with Gasteiger partial charge in [0, 0.05) is 25.4 Å². The number of rotatable bonds is 2. The van der Waals surface area contributed by atoms with Gasteiger partial charge in [0.15, 0.2) is 0 Å². The van der Waals surface area contributed by atoms with Gasteiger partial charge in [0.2, 0.25) is 0 Å². The molecule has 0 aromatic heterocycles. The number of allylic oxidation sites excluding steroid dienone is 1. The topological polar surface area (TPSA) is 77.9 Å². The first-order valence-corrected chi connectivity index (χ1v) is 7.75. The summed E-state index contributed by atoms with van der Waals surface area (Å²) < 4.78 is 5.79. The number of hydrogen-bond acceptors (Lipinski definition) is 6. The molecule has 6 heteroatoms. The van der Waals surface area contributed by atoms with E-state index in [1.54, 1.807) is 5.01 Å². The summed E-state index contributed by atoms with van der Waals surface area (Å²) in [5, 5.41) is 15.9. The van der Waals surface area contributed by atoms with Gasteiger partial charge in [0.25, 0.3) is 0 Å². The quantitative estimate of drug-likeness (QED) is 0.904. The number of ether oxygens (including phenoxy) is 1. The number of hydrogen-bond donors (Lipinski definition) is 1. The number of fused-ring (bicyclic) bond motifs is 1. The summed E-state index contributed by atoms with van der Waals surface area (Å²) in [5.41, 5.74) is 9.59. The molecule has 0 aliphatic carbocycles. The molecule has 0 radical (unpaired) electrons. The molecule has 3 rings (SSSR count). The molecule has 0 fully saturated rings. The Morgan fingerprint density at radius 1 is 1.38 bits per heavy atom. The van der Waals surface area contributed by atoms with Gasteiger partial charge in [-0.3, -0.25) is 0 Å². The summed E-state index contributed by atoms with van der Waals surface area (Å²) >= 11 is 0. The molecule has 1 aromatic carbocycles. The first-order valence-electron chi connectivity index (χ1n) is 7.75. The van der Waals surface area contributed by atoms with Crippen molar-refractivity contribution in [1.82, 2.24) is 0 Å². The molecule has 1 aromatic rings. The van der Waals surface area contributed by atoms with Crippen LogP contribution in [0.2, 0.25) is 0 Å². The van der Waals surface area contributed by atoms with E-state index in [1.165, 1.54) is 0 Å². The van der Waals surface area contributed by atoms with Gasteiger partial charge in [-0.25, -0.2) is 5.01 Å². The maximum Gasteiger partial charge on any atom is 0.144 e. The Morgan fingerprint density at radius 2 is 2.12 bits per heavy atom. The van der Waals surface area contributed by atoms with Crippen molar-refractivity contribution >= 4 is 17.1 Å². The summed E-state index contributed by atoms with van der Waals surface area (Å²) in [5.74, 6) is 0.334. The van der Waals surface area contributed by atoms with Gasteiger partial charge in [0.05, 0.1) is 23.6 Å². The Kier molecular flexibility index (Phi) is 3.82. The van der Waals surface area contributed by atoms with Crippen LogP contribution in [0.15, 0.2) is 52.4 Å². The third-order valence-corrected chi connectivity index (χ3v) is 4.06. The molecule has 0 spiro atoms. The summed E-state index contributed by atoms with van der Waals surface area (Å²) in [4.78, 5) is 2.00. The molecule has 2 heterocycles. The molecule has 0 saturated heterocycles. The van der Waals surface area contributed by atoms with Crippen molar-refractivity contribution in [3.05, 3.63) is 47.3 Å². The summed E-state index contributed by atoms with van der Waals surface area (Å²) in [6.07, 6.45) is 1.91. The standard InChI is InChI=1S/C18H21N5O/c1-18(2)9-14-15(10-19)17(20)23(21-16(14)11-24-18)13-7-5-6-12(8-13)22(3)4/h5-9H,11,20H2,1-4H3. The van der Waals surface area contributed by atoms with Crippen LogP contribution in [0.1, 0.15) is 13.8 Å². The molecular formula is C18H21N5O. The molecule has 2 aliphatic heterocycles. The normalized spacial score (nSPS) is 19.2. The lowest BCUT2D eigenvalue weighted by molar-refractivity contribution is 0.0409. The van der Waals surface area contributed by atoms with Gasteiger partial charge in [-0.2, -0.15) is 10.4 Å². The van der Waals surface area contributed by atoms with Crippen LogP contribution in [-0.2, 0) is 4.74 Å². The molecule has 124 valence electrons. The maximum atomic E-state index is 9.62. The van der Waals surface area contributed by atoms with E-state index < -0.39 is 5.60 Å². The Hall–Kier alpha value is -2.78. The van der Waals surface area contributed by atoms with Crippen LogP contribution in [0.4, 0.5) is 11.4 Å². The Morgan fingerprint density at radius 3 is 2.79 bits per heavy atom. The largest absolute Gasteiger partial charge is 0.383 e. The average molecular weight is 323 g/mol. The van der Waals surface area contributed by atoms with Gasteiger partial charge in [-0.05, 0) is 38.1 Å². The van der Waals surface area contributed by atoms with Gasteiger partial charge >= 0.3 is 0 Å². The Labute approximate surface area is 142 Å². The zero-order valence-electron chi connectivity index (χ0n) is 14.4. The van der Waals surface area contributed by atoms with Crippen molar-refractivity contribution in [3.63, 3.8) is 0 Å². The molecule has 0 bridgehead atoms. The number of nitrogens with zero attached hydrogens (tertiary/aromatic N) is 4. The van der Waals surface area contributed by atoms with Crippen molar-refractivity contribution in [2.45, 2.75) is 19.4 Å². The highest BCUT2D eigenvalue weighted by Gasteiger charge is 2.33. The second-order valence-corrected chi connectivity index (χ2v) is 6.59. The van der Waals surface area contributed by atoms with Crippen LogP contribution in [0.25, 0.3) is 0 Å². The van der Waals surface area contributed by atoms with Crippen molar-refractivity contribution in [2.24, 2.45) is 10.8 Å². The predicted octanol–water partition coefficient (Wildman–Crippen LogP) is 2.36. The first kappa shape index (κ1) is 16.1. The minimum absolute atomic E-state index is 0.334. The zero-order chi connectivity index (χ0) is 17.5. The minimum atomic E-state index is -0.441. The van der Waals surface area contributed by atoms with Gasteiger partial charge in [-0.1, -0.05) is 6.07 Å². The van der Waals surface area contributed by atoms with Crippen molar-refractivity contribution in [1.29, 1.82) is 5.26 Å². The average Bonchev–Trinajstić information content (AvgIpc) is 2.54. The first-order chi connectivity index (χ1) is 11.3. The Balaban J connectivity index is 2.11. The number of hydrazone groups is 1. The SMILES string of the molecule is CN(C)c1cccc(N2N=C3COC(C)(C)C=C3C(C#N)=C2N)c1. The van der Waals surface area contributed by atoms with Crippen LogP contribution in [0, 0.1) is 11.3 Å². The number of anilines is 2. The highest BCUT2D eigenvalue weighted by Crippen LogP contribution is 2.33. The van der Waals surface area contributed by atoms with E-state index >= 15 is 0 Å². The van der Waals surface area contributed by atoms with E-state index in [4.69, 9.17) is 10.5 Å². The molecule has 2 N–H and O–H groups in total. The Bertz CT molecular complexity index is 811. The third-order valence-electron chi connectivity index (χ3n) is 4.06. The molecule has 0 amide bonds. The summed E-state index contributed by atoms with van der Waals surface area (Å²) in [6.45, 7) is 4.25. The highest BCUT2D eigenvalue weighted by molar-refractivity contribution is 6.08. The maximum absolute atomic E-state index is 9.62. The molecule has 24 heavy (non-hydrogen) atoms. The highest BCUT2D eigenvalue weighted by atomic mass is 16.5. The van der Waals surface area contributed by atoms with Crippen molar-refractivity contribution in [3.8, 4) is 6.07 Å². The third kappa shape index (κ3) is 2.74. The molecule has 0 saturated carbocycles. The van der Waals surface area contributed by atoms with Crippen LogP contribution in [0.3, 0.4) is 0 Å². The smallest absolute Gasteiger partial charge is 0.144 e. The fourth-order valence-electron chi connectivity index (χ4n) is 2.74. The summed E-state index contributed by atoms with van der Waals surface area (Å²) in [7, 11) is 3.94. The lowest BCUT2D eigenvalue weighted by atomic mass is 9.92. The second-order valence-electron chi connectivity index (χ2n) is 6.59. The van der Waals surface area contributed by atoms with Crippen LogP contribution < -0.4 is 15.6 Å². The van der Waals surface area contributed by atoms with E-state index in [0.717, 1.165) is 22.7 Å². The molecular weight excluding hydrogens is 302 g/mol. The minimum Gasteiger partial charge on any atom is -0.383 e. The number of nitriles is 1. The number of nitrogens with two attached hydrogens (primary N) is 1. The van der Waals surface area contributed by atoms with Crippen molar-refractivity contribution in [2.75, 3.05) is 30.6 Å². The fraction of sp³-hybridized carbons (Fsp3) is 0.333. The predicted molar refractivity (Wildman–Crippen MR) is 95.6 cm³/mol. The number of benzene rings is 1. The fourth-order valence-corrected chi connectivity index (χ4v) is 2.74. The molecule has 6 nitrogen and oxygen atoms in total. The van der Waals surface area contributed by atoms with E-state index in [-0.39, 0.29) is 0 Å². The van der Waals surface area contributed by atoms with Crippen LogP contribution in [-0.4, -0.2) is 32.0 Å². The zero-order valence-corrected chi connectivity index (χ0v) is 14.4. The van der Waals surface area contributed by atoms with Crippen LogP contribution in [0.5, 0.6) is 0 Å². The van der Waals surface area contributed by atoms with Crippen LogP contribution >= 0.6 is 0 Å². The van der Waals surface area contributed by atoms with E-state index in [1.807, 2.05) is 63.2 Å². The molecule has 0 atom stereocenters. The van der Waals surface area contributed by atoms with E-state index in [0.29, 0.717) is 18.0 Å².